The third-order valence-electron chi connectivity index (χ3n) is 0. The summed E-state index contributed by atoms with van der Waals surface area (Å²) >= 11 is 7.86. The van der Waals surface area contributed by atoms with Crippen molar-refractivity contribution in [3.8, 4) is 0 Å². The first-order chi connectivity index (χ1) is 1.41. The van der Waals surface area contributed by atoms with Gasteiger partial charge in [0.1, 0.15) is 0 Å². The molecule has 0 aromatic carbocycles. The Kier molecular flexibility index (Phi) is 20.1. The zero-order valence-corrected chi connectivity index (χ0v) is 6.23. The van der Waals surface area contributed by atoms with E-state index in [0.29, 0.717) is 5.08 Å². The molecular formula is CH3S2Zr-. The normalized spacial score (nSPS) is 4.50. The van der Waals surface area contributed by atoms with Crippen LogP contribution >= 0.6 is 12.6 Å². The molecule has 0 heterocycles. The molecule has 0 atom stereocenters. The molecule has 0 saturated heterocycles. The fraction of sp³-hybridized carbons (Fsp3) is 1.00. The van der Waals surface area contributed by atoms with E-state index in [9.17, 15) is 0 Å². The Morgan fingerprint density at radius 3 is 1.75 bits per heavy atom. The Balaban J connectivity index is 0. The molecule has 0 aliphatic heterocycles. The van der Waals surface area contributed by atoms with Gasteiger partial charge in [0.2, 0.25) is 0 Å². The molecule has 0 aliphatic carbocycles. The van der Waals surface area contributed by atoms with E-state index >= 15 is 0 Å². The molecule has 0 nitrogen and oxygen atoms in total. The molecule has 4 heavy (non-hydrogen) atoms. The van der Waals surface area contributed by atoms with Gasteiger partial charge in [0.15, 0.2) is 0 Å². The van der Waals surface area contributed by atoms with Gasteiger partial charge in [-0.15, -0.1) is 5.08 Å². The minimum Gasteiger partial charge on any atom is -0.782 e. The van der Waals surface area contributed by atoms with Gasteiger partial charge in [-0.2, -0.15) is 0 Å². The Bertz CT molecular complexity index is 6.00. The summed E-state index contributed by atoms with van der Waals surface area (Å²) in [6.07, 6.45) is 0. The minimum absolute atomic E-state index is 0. The van der Waals surface area contributed by atoms with Crippen LogP contribution < -0.4 is 0 Å². The molecule has 0 N–H and O–H groups in total. The van der Waals surface area contributed by atoms with E-state index in [1.165, 1.54) is 0 Å². The molecule has 3 heteroatoms. The SMILES string of the molecule is [S-]CS.[Zr]. The average molecular weight is 170 g/mol. The largest absolute Gasteiger partial charge is 0.782 e. The third-order valence-corrected chi connectivity index (χ3v) is 0. The second-order valence-electron chi connectivity index (χ2n) is 0.129. The van der Waals surface area contributed by atoms with Gasteiger partial charge in [-0.25, -0.2) is 12.6 Å². The molecule has 0 radical (unpaired) electrons. The van der Waals surface area contributed by atoms with Crippen LogP contribution in [0.25, 0.3) is 0 Å². The van der Waals surface area contributed by atoms with E-state index in [-0.39, 0.29) is 26.2 Å². The van der Waals surface area contributed by atoms with E-state index < -0.39 is 0 Å². The molecule has 0 spiro atoms. The van der Waals surface area contributed by atoms with Gasteiger partial charge < -0.3 is 12.6 Å². The Labute approximate surface area is 56.3 Å². The zero-order chi connectivity index (χ0) is 2.71. The van der Waals surface area contributed by atoms with Crippen LogP contribution in [0.2, 0.25) is 0 Å². The molecular weight excluding hydrogens is 167 g/mol. The zero-order valence-electron chi connectivity index (χ0n) is 2.06. The van der Waals surface area contributed by atoms with Gasteiger partial charge in [-0.3, -0.25) is 0 Å². The predicted molar refractivity (Wildman–Crippen MR) is 21.2 cm³/mol. The van der Waals surface area contributed by atoms with Crippen LogP contribution in [-0.2, 0) is 38.8 Å². The van der Waals surface area contributed by atoms with Crippen molar-refractivity contribution in [2.75, 3.05) is 5.08 Å². The van der Waals surface area contributed by atoms with Crippen molar-refractivity contribution in [3.63, 3.8) is 0 Å². The summed E-state index contributed by atoms with van der Waals surface area (Å²) in [6, 6.07) is 0. The van der Waals surface area contributed by atoms with Crippen LogP contribution in [0.15, 0.2) is 0 Å². The molecule has 0 aliphatic rings. The third kappa shape index (κ3) is 9.54. The van der Waals surface area contributed by atoms with E-state index in [2.05, 4.69) is 25.3 Å². The Morgan fingerprint density at radius 2 is 1.75 bits per heavy atom. The molecule has 0 rings (SSSR count). The summed E-state index contributed by atoms with van der Waals surface area (Å²) in [5, 5.41) is 0.528. The topological polar surface area (TPSA) is 0 Å². The van der Waals surface area contributed by atoms with Crippen LogP contribution in [0.3, 0.4) is 0 Å². The van der Waals surface area contributed by atoms with Gasteiger partial charge in [0, 0.05) is 26.2 Å². The summed E-state index contributed by atoms with van der Waals surface area (Å²) in [6.45, 7) is 0. The van der Waals surface area contributed by atoms with Gasteiger partial charge >= 0.3 is 0 Å². The van der Waals surface area contributed by atoms with Crippen molar-refractivity contribution in [2.45, 2.75) is 0 Å². The Hall–Kier alpha value is 1.58. The van der Waals surface area contributed by atoms with E-state index in [4.69, 9.17) is 0 Å². The van der Waals surface area contributed by atoms with Crippen molar-refractivity contribution in [1.29, 1.82) is 0 Å². The maximum absolute atomic E-state index is 4.26. The van der Waals surface area contributed by atoms with E-state index in [1.54, 1.807) is 0 Å². The van der Waals surface area contributed by atoms with Gasteiger partial charge in [-0.1, -0.05) is 0 Å². The number of rotatable bonds is 0. The van der Waals surface area contributed by atoms with E-state index in [1.807, 2.05) is 0 Å². The monoisotopic (exact) mass is 169 g/mol. The van der Waals surface area contributed by atoms with Crippen molar-refractivity contribution >= 4 is 25.3 Å². The quantitative estimate of drug-likeness (QED) is 0.406. The molecule has 0 fully saturated rings. The van der Waals surface area contributed by atoms with Gasteiger partial charge in [0.25, 0.3) is 0 Å². The van der Waals surface area contributed by atoms with Crippen molar-refractivity contribution < 1.29 is 26.2 Å². The second kappa shape index (κ2) is 8.82. The first-order valence-corrected chi connectivity index (χ1v) is 1.81. The molecule has 0 aromatic heterocycles. The van der Waals surface area contributed by atoms with Crippen LogP contribution in [0.4, 0.5) is 0 Å². The predicted octanol–water partition coefficient (Wildman–Crippen LogP) is 0.418. The number of hydrogen-bond acceptors (Lipinski definition) is 2. The van der Waals surface area contributed by atoms with Crippen LogP contribution in [0.5, 0.6) is 0 Å². The molecule has 0 unspecified atom stereocenters. The first kappa shape index (κ1) is 9.13. The van der Waals surface area contributed by atoms with Crippen molar-refractivity contribution in [2.24, 2.45) is 0 Å². The van der Waals surface area contributed by atoms with Gasteiger partial charge in [-0.05, 0) is 0 Å². The van der Waals surface area contributed by atoms with Crippen LogP contribution in [0.1, 0.15) is 0 Å². The summed E-state index contributed by atoms with van der Waals surface area (Å²) in [4.78, 5) is 0. The molecule has 0 aromatic rings. The molecule has 0 bridgehead atoms. The second-order valence-corrected chi connectivity index (χ2v) is 1.16. The van der Waals surface area contributed by atoms with E-state index in [0.717, 1.165) is 0 Å². The number of thiol groups is 1. The fourth-order valence-corrected chi connectivity index (χ4v) is 0. The van der Waals surface area contributed by atoms with Crippen LogP contribution in [0, 0.1) is 0 Å². The minimum atomic E-state index is 0. The first-order valence-electron chi connectivity index (χ1n) is 0.605. The average Bonchev–Trinajstić information content (AvgIpc) is 0.918. The molecule has 0 amide bonds. The fourth-order valence-electron chi connectivity index (χ4n) is 0. The van der Waals surface area contributed by atoms with Crippen molar-refractivity contribution in [1.82, 2.24) is 0 Å². The smallest absolute Gasteiger partial charge is 0 e. The van der Waals surface area contributed by atoms with Crippen molar-refractivity contribution in [3.05, 3.63) is 0 Å². The summed E-state index contributed by atoms with van der Waals surface area (Å²) < 4.78 is 0. The summed E-state index contributed by atoms with van der Waals surface area (Å²) in [5.41, 5.74) is 0. The summed E-state index contributed by atoms with van der Waals surface area (Å²) in [7, 11) is 0. The number of hydrogen-bond donors (Lipinski definition) is 1. The standard InChI is InChI=1S/CH4S2.Zr/c2-1-3;/h2-3H,1H2;/p-1. The van der Waals surface area contributed by atoms with Gasteiger partial charge in [0.05, 0.1) is 0 Å². The molecule has 24 valence electrons. The maximum Gasteiger partial charge on any atom is 0 e. The van der Waals surface area contributed by atoms with Crippen LogP contribution in [-0.4, -0.2) is 5.08 Å². The maximum atomic E-state index is 4.26. The molecule has 0 saturated carbocycles. The summed E-state index contributed by atoms with van der Waals surface area (Å²) in [5.74, 6) is 0. The Morgan fingerprint density at radius 1 is 1.75 bits per heavy atom.